The highest BCUT2D eigenvalue weighted by atomic mass is 19.1. The molecule has 0 aliphatic heterocycles. The zero-order valence-electron chi connectivity index (χ0n) is 11.1. The van der Waals surface area contributed by atoms with Crippen LogP contribution in [-0.2, 0) is 4.79 Å². The van der Waals surface area contributed by atoms with Crippen molar-refractivity contribution in [1.29, 1.82) is 0 Å². The highest BCUT2D eigenvalue weighted by Gasteiger charge is 2.05. The third-order valence-corrected chi connectivity index (χ3v) is 3.03. The van der Waals surface area contributed by atoms with Gasteiger partial charge in [0.2, 0.25) is 0 Å². The number of aliphatic carboxylic acids is 1. The van der Waals surface area contributed by atoms with Crippen molar-refractivity contribution in [2.24, 2.45) is 0 Å². The topological polar surface area (TPSA) is 37.3 Å². The van der Waals surface area contributed by atoms with Gasteiger partial charge in [-0.1, -0.05) is 51.9 Å². The average molecular weight is 246 g/mol. The molecule has 3 heteroatoms. The van der Waals surface area contributed by atoms with E-state index < -0.39 is 12.1 Å². The first kappa shape index (κ1) is 16.4. The molecule has 0 aliphatic rings. The van der Waals surface area contributed by atoms with Crippen molar-refractivity contribution in [3.8, 4) is 0 Å². The molecule has 0 rings (SSSR count). The molecule has 0 fully saturated rings. The van der Waals surface area contributed by atoms with Crippen molar-refractivity contribution < 1.29 is 14.3 Å². The molecule has 0 radical (unpaired) electrons. The summed E-state index contributed by atoms with van der Waals surface area (Å²) in [7, 11) is 0. The second kappa shape index (κ2) is 11.9. The van der Waals surface area contributed by atoms with Crippen LogP contribution in [0.5, 0.6) is 0 Å². The van der Waals surface area contributed by atoms with Crippen LogP contribution in [0.2, 0.25) is 0 Å². The fraction of sp³-hybridized carbons (Fsp3) is 0.929. The van der Waals surface area contributed by atoms with Gasteiger partial charge in [0, 0.05) is 6.42 Å². The highest BCUT2D eigenvalue weighted by Crippen LogP contribution is 2.15. The summed E-state index contributed by atoms with van der Waals surface area (Å²) in [6.07, 6.45) is 9.01. The molecule has 0 aromatic heterocycles. The molecule has 17 heavy (non-hydrogen) atoms. The van der Waals surface area contributed by atoms with E-state index >= 15 is 0 Å². The molecule has 1 atom stereocenters. The monoisotopic (exact) mass is 246 g/mol. The van der Waals surface area contributed by atoms with Gasteiger partial charge in [-0.2, -0.15) is 0 Å². The molecule has 0 spiro atoms. The Morgan fingerprint density at radius 2 is 1.53 bits per heavy atom. The zero-order valence-corrected chi connectivity index (χ0v) is 11.1. The number of carbonyl (C=O) groups is 1. The SMILES string of the molecule is CCCCCCC(F)CCCCCCC(=O)O. The van der Waals surface area contributed by atoms with Crippen LogP contribution in [0.15, 0.2) is 0 Å². The molecule has 0 aromatic carbocycles. The predicted molar refractivity (Wildman–Crippen MR) is 69.0 cm³/mol. The maximum atomic E-state index is 13.4. The molecule has 0 saturated carbocycles. The predicted octanol–water partition coefficient (Wildman–Crippen LogP) is 4.72. The Morgan fingerprint density at radius 3 is 2.06 bits per heavy atom. The molecule has 1 N–H and O–H groups in total. The number of halogens is 1. The molecule has 0 saturated heterocycles. The Hall–Kier alpha value is -0.600. The molecular formula is C14H27FO2. The van der Waals surface area contributed by atoms with Crippen LogP contribution in [-0.4, -0.2) is 17.2 Å². The lowest BCUT2D eigenvalue weighted by molar-refractivity contribution is -0.137. The molecule has 2 nitrogen and oxygen atoms in total. The molecule has 102 valence electrons. The van der Waals surface area contributed by atoms with Gasteiger partial charge < -0.3 is 5.11 Å². The maximum absolute atomic E-state index is 13.4. The quantitative estimate of drug-likeness (QED) is 0.506. The number of hydrogen-bond donors (Lipinski definition) is 1. The van der Waals surface area contributed by atoms with E-state index in [2.05, 4.69) is 6.92 Å². The lowest BCUT2D eigenvalue weighted by atomic mass is 10.0. The van der Waals surface area contributed by atoms with Crippen molar-refractivity contribution in [3.05, 3.63) is 0 Å². The van der Waals surface area contributed by atoms with Crippen molar-refractivity contribution in [3.63, 3.8) is 0 Å². The standard InChI is InChI=1S/C14H27FO2/c1-2-3-4-7-10-13(15)11-8-5-6-9-12-14(16)17/h13H,2-12H2,1H3,(H,16,17). The molecule has 0 aromatic rings. The van der Waals surface area contributed by atoms with Crippen LogP contribution in [0, 0.1) is 0 Å². The first-order chi connectivity index (χ1) is 8.16. The van der Waals surface area contributed by atoms with Gasteiger partial charge >= 0.3 is 5.97 Å². The Labute approximate surface area is 105 Å². The van der Waals surface area contributed by atoms with Gasteiger partial charge in [0.05, 0.1) is 0 Å². The molecule has 0 aliphatic carbocycles. The number of carboxylic acid groups (broad SMARTS) is 1. The third-order valence-electron chi connectivity index (χ3n) is 3.03. The molecule has 1 unspecified atom stereocenters. The maximum Gasteiger partial charge on any atom is 0.303 e. The number of unbranched alkanes of at least 4 members (excludes halogenated alkanes) is 6. The van der Waals surface area contributed by atoms with Gasteiger partial charge in [0.25, 0.3) is 0 Å². The summed E-state index contributed by atoms with van der Waals surface area (Å²) >= 11 is 0. The van der Waals surface area contributed by atoms with Crippen LogP contribution in [0.4, 0.5) is 4.39 Å². The first-order valence-electron chi connectivity index (χ1n) is 7.02. The number of rotatable bonds is 12. The smallest absolute Gasteiger partial charge is 0.303 e. The summed E-state index contributed by atoms with van der Waals surface area (Å²) in [5, 5.41) is 8.44. The fourth-order valence-electron chi connectivity index (χ4n) is 1.93. The second-order valence-electron chi connectivity index (χ2n) is 4.79. The Bertz CT molecular complexity index is 183. The van der Waals surface area contributed by atoms with E-state index in [1.165, 1.54) is 12.8 Å². The minimum absolute atomic E-state index is 0.246. The largest absolute Gasteiger partial charge is 0.481 e. The highest BCUT2D eigenvalue weighted by molar-refractivity contribution is 5.66. The molecule has 0 bridgehead atoms. The average Bonchev–Trinajstić information content (AvgIpc) is 2.29. The van der Waals surface area contributed by atoms with Crippen molar-refractivity contribution >= 4 is 5.97 Å². The van der Waals surface area contributed by atoms with Crippen molar-refractivity contribution in [2.75, 3.05) is 0 Å². The number of alkyl halides is 1. The van der Waals surface area contributed by atoms with Gasteiger partial charge in [0.1, 0.15) is 6.17 Å². The van der Waals surface area contributed by atoms with Crippen molar-refractivity contribution in [2.45, 2.75) is 83.7 Å². The summed E-state index contributed by atoms with van der Waals surface area (Å²) in [5.41, 5.74) is 0. The van der Waals surface area contributed by atoms with E-state index in [1.807, 2.05) is 0 Å². The number of carboxylic acids is 1. The summed E-state index contributed by atoms with van der Waals surface area (Å²) in [6.45, 7) is 2.16. The normalized spacial score (nSPS) is 12.6. The minimum atomic E-state index is -0.732. The lowest BCUT2D eigenvalue weighted by Crippen LogP contribution is -2.00. The lowest BCUT2D eigenvalue weighted by Gasteiger charge is -2.07. The Morgan fingerprint density at radius 1 is 1.00 bits per heavy atom. The van der Waals surface area contributed by atoms with Crippen LogP contribution >= 0.6 is 0 Å². The van der Waals surface area contributed by atoms with Gasteiger partial charge in [-0.05, 0) is 19.3 Å². The van der Waals surface area contributed by atoms with Gasteiger partial charge in [0.15, 0.2) is 0 Å². The number of hydrogen-bond acceptors (Lipinski definition) is 1. The fourth-order valence-corrected chi connectivity index (χ4v) is 1.93. The summed E-state index contributed by atoms with van der Waals surface area (Å²) in [4.78, 5) is 10.3. The van der Waals surface area contributed by atoms with E-state index in [0.29, 0.717) is 12.8 Å². The van der Waals surface area contributed by atoms with E-state index in [4.69, 9.17) is 5.11 Å². The van der Waals surface area contributed by atoms with Crippen molar-refractivity contribution in [1.82, 2.24) is 0 Å². The molecular weight excluding hydrogens is 219 g/mol. The Balaban J connectivity index is 3.16. The first-order valence-corrected chi connectivity index (χ1v) is 7.02. The van der Waals surface area contributed by atoms with Crippen LogP contribution in [0.1, 0.15) is 77.6 Å². The van der Waals surface area contributed by atoms with Gasteiger partial charge in [-0.15, -0.1) is 0 Å². The van der Waals surface area contributed by atoms with E-state index in [-0.39, 0.29) is 6.42 Å². The third kappa shape index (κ3) is 13.3. The zero-order chi connectivity index (χ0) is 12.9. The summed E-state index contributed by atoms with van der Waals surface area (Å²) in [5.74, 6) is -0.732. The van der Waals surface area contributed by atoms with Crippen LogP contribution in [0.25, 0.3) is 0 Å². The van der Waals surface area contributed by atoms with Crippen LogP contribution < -0.4 is 0 Å². The minimum Gasteiger partial charge on any atom is -0.481 e. The van der Waals surface area contributed by atoms with Gasteiger partial charge in [-0.3, -0.25) is 4.79 Å². The summed E-state index contributed by atoms with van der Waals surface area (Å²) < 4.78 is 13.4. The Kier molecular flexibility index (Phi) is 11.5. The van der Waals surface area contributed by atoms with E-state index in [9.17, 15) is 9.18 Å². The molecule has 0 heterocycles. The van der Waals surface area contributed by atoms with Gasteiger partial charge in [-0.25, -0.2) is 4.39 Å². The van der Waals surface area contributed by atoms with E-state index in [1.54, 1.807) is 0 Å². The molecule has 0 amide bonds. The summed E-state index contributed by atoms with van der Waals surface area (Å²) in [6, 6.07) is 0. The van der Waals surface area contributed by atoms with Crippen LogP contribution in [0.3, 0.4) is 0 Å². The van der Waals surface area contributed by atoms with E-state index in [0.717, 1.165) is 38.5 Å². The second-order valence-corrected chi connectivity index (χ2v) is 4.79.